The van der Waals surface area contributed by atoms with E-state index in [1.807, 2.05) is 52.0 Å². The molecule has 1 atom stereocenters. The molecule has 0 saturated carbocycles. The molecular formula is C36H33F3N2O3. The van der Waals surface area contributed by atoms with Crippen molar-refractivity contribution in [2.75, 3.05) is 0 Å². The molecule has 1 heterocycles. The molecule has 5 nitrogen and oxygen atoms in total. The van der Waals surface area contributed by atoms with E-state index < -0.39 is 24.1 Å². The van der Waals surface area contributed by atoms with Crippen LogP contribution in [0.4, 0.5) is 13.2 Å². The second kappa shape index (κ2) is 12.0. The number of aryl methyl sites for hydroxylation is 1. The molecule has 1 amide bonds. The maximum absolute atomic E-state index is 14.1. The first-order valence-electron chi connectivity index (χ1n) is 14.3. The Balaban J connectivity index is 1.41. The van der Waals surface area contributed by atoms with E-state index in [2.05, 4.69) is 9.88 Å². The fraction of sp³-hybridized carbons (Fsp3) is 0.222. The van der Waals surface area contributed by atoms with Gasteiger partial charge in [0.1, 0.15) is 0 Å². The summed E-state index contributed by atoms with van der Waals surface area (Å²) < 4.78 is 44.5. The van der Waals surface area contributed by atoms with Gasteiger partial charge < -0.3 is 15.0 Å². The van der Waals surface area contributed by atoms with Gasteiger partial charge in [-0.25, -0.2) is 4.79 Å². The Morgan fingerprint density at radius 2 is 1.55 bits per heavy atom. The molecule has 4 aromatic carbocycles. The van der Waals surface area contributed by atoms with Gasteiger partial charge in [-0.3, -0.25) is 4.79 Å². The Morgan fingerprint density at radius 3 is 2.20 bits per heavy atom. The van der Waals surface area contributed by atoms with E-state index in [1.54, 1.807) is 54.6 Å². The molecule has 44 heavy (non-hydrogen) atoms. The highest BCUT2D eigenvalue weighted by molar-refractivity contribution is 5.99. The number of carbonyl (C=O) groups is 2. The van der Waals surface area contributed by atoms with Crippen LogP contribution >= 0.6 is 0 Å². The average molecular weight is 599 g/mol. The third-order valence-corrected chi connectivity index (χ3v) is 8.18. The summed E-state index contributed by atoms with van der Waals surface area (Å²) in [4.78, 5) is 24.8. The van der Waals surface area contributed by atoms with Crippen LogP contribution in [0.5, 0.6) is 0 Å². The highest BCUT2D eigenvalue weighted by Crippen LogP contribution is 2.35. The number of halogens is 3. The second-order valence-corrected chi connectivity index (χ2v) is 11.3. The highest BCUT2D eigenvalue weighted by atomic mass is 19.4. The van der Waals surface area contributed by atoms with Crippen molar-refractivity contribution >= 4 is 22.8 Å². The van der Waals surface area contributed by atoms with E-state index in [1.165, 1.54) is 12.1 Å². The Labute approximate surface area is 254 Å². The van der Waals surface area contributed by atoms with Crippen LogP contribution < -0.4 is 5.32 Å². The fourth-order valence-electron chi connectivity index (χ4n) is 5.55. The number of nitrogens with one attached hydrogen (secondary N) is 1. The lowest BCUT2D eigenvalue weighted by molar-refractivity contribution is -0.155. The minimum Gasteiger partial charge on any atom is -0.478 e. The fourth-order valence-corrected chi connectivity index (χ4v) is 5.55. The van der Waals surface area contributed by atoms with E-state index in [4.69, 9.17) is 0 Å². The second-order valence-electron chi connectivity index (χ2n) is 11.3. The maximum atomic E-state index is 14.1. The van der Waals surface area contributed by atoms with Crippen LogP contribution in [0.1, 0.15) is 74.5 Å². The standard InChI is InChI=1S/C36H33F3N2O3/c1-21(2)26-8-7-9-27(18-26)33(36(37,38)39)40-34(42)28-16-17-32-31(19-28)22(3)23(4)41(32)20-24-12-14-25(15-13-24)29-10-5-6-11-30(29)35(43)44/h5-19,21,33H,20H2,1-4H3,(H,40,42)(H,43,44)/t33-/m1/s1. The SMILES string of the molecule is Cc1c(C)n(Cc2ccc(-c3ccccc3C(=O)O)cc2)c2ccc(C(=O)N[C@H](c3cccc(C(C)C)c3)C(F)(F)F)cc12. The van der Waals surface area contributed by atoms with Crippen LogP contribution in [-0.4, -0.2) is 27.7 Å². The van der Waals surface area contributed by atoms with Gasteiger partial charge in [0.05, 0.1) is 5.56 Å². The molecule has 0 unspecified atom stereocenters. The lowest BCUT2D eigenvalue weighted by Crippen LogP contribution is -2.38. The Hall–Kier alpha value is -4.85. The zero-order valence-corrected chi connectivity index (χ0v) is 24.9. The Bertz CT molecular complexity index is 1850. The number of carboxylic acids is 1. The number of fused-ring (bicyclic) bond motifs is 1. The molecule has 0 radical (unpaired) electrons. The van der Waals surface area contributed by atoms with Gasteiger partial charge in [-0.15, -0.1) is 0 Å². The van der Waals surface area contributed by atoms with Crippen molar-refractivity contribution in [3.63, 3.8) is 0 Å². The summed E-state index contributed by atoms with van der Waals surface area (Å²) in [5.41, 5.74) is 6.30. The van der Waals surface area contributed by atoms with Gasteiger partial charge in [0.2, 0.25) is 0 Å². The number of carbonyl (C=O) groups excluding carboxylic acids is 1. The summed E-state index contributed by atoms with van der Waals surface area (Å²) in [5, 5.41) is 12.6. The van der Waals surface area contributed by atoms with E-state index in [0.29, 0.717) is 12.1 Å². The number of aromatic nitrogens is 1. The number of aromatic carboxylic acids is 1. The van der Waals surface area contributed by atoms with Gasteiger partial charge in [0.15, 0.2) is 6.04 Å². The van der Waals surface area contributed by atoms with Crippen molar-refractivity contribution in [1.29, 1.82) is 0 Å². The molecule has 8 heteroatoms. The summed E-state index contributed by atoms with van der Waals surface area (Å²) in [7, 11) is 0. The highest BCUT2D eigenvalue weighted by Gasteiger charge is 2.42. The number of benzene rings is 4. The summed E-state index contributed by atoms with van der Waals surface area (Å²) in [6, 6.07) is 23.6. The smallest absolute Gasteiger partial charge is 0.412 e. The van der Waals surface area contributed by atoms with Crippen molar-refractivity contribution in [3.05, 3.63) is 130 Å². The van der Waals surface area contributed by atoms with Gasteiger partial charge >= 0.3 is 12.1 Å². The van der Waals surface area contributed by atoms with E-state index in [0.717, 1.165) is 38.9 Å². The monoisotopic (exact) mass is 598 g/mol. The van der Waals surface area contributed by atoms with Gasteiger partial charge in [0, 0.05) is 28.7 Å². The first-order valence-corrected chi connectivity index (χ1v) is 14.3. The third-order valence-electron chi connectivity index (χ3n) is 8.18. The summed E-state index contributed by atoms with van der Waals surface area (Å²) >= 11 is 0. The Kier molecular flexibility index (Phi) is 8.37. The van der Waals surface area contributed by atoms with E-state index >= 15 is 0 Å². The number of hydrogen-bond donors (Lipinski definition) is 2. The number of carboxylic acid groups (broad SMARTS) is 1. The molecule has 1 aromatic heterocycles. The van der Waals surface area contributed by atoms with Crippen molar-refractivity contribution < 1.29 is 27.9 Å². The largest absolute Gasteiger partial charge is 0.478 e. The molecule has 0 bridgehead atoms. The lowest BCUT2D eigenvalue weighted by atomic mass is 9.97. The molecule has 0 fully saturated rings. The minimum atomic E-state index is -4.67. The van der Waals surface area contributed by atoms with Gasteiger partial charge in [0.25, 0.3) is 5.91 Å². The van der Waals surface area contributed by atoms with Crippen LogP contribution in [0.2, 0.25) is 0 Å². The number of rotatable bonds is 8. The van der Waals surface area contributed by atoms with Crippen molar-refractivity contribution in [1.82, 2.24) is 9.88 Å². The topological polar surface area (TPSA) is 71.3 Å². The number of amides is 1. The molecule has 0 aliphatic heterocycles. The predicted molar refractivity (Wildman–Crippen MR) is 166 cm³/mol. The number of nitrogens with zero attached hydrogens (tertiary/aromatic N) is 1. The quantitative estimate of drug-likeness (QED) is 0.188. The molecule has 0 aliphatic rings. The van der Waals surface area contributed by atoms with Gasteiger partial charge in [-0.05, 0) is 77.4 Å². The molecule has 226 valence electrons. The average Bonchev–Trinajstić information content (AvgIpc) is 3.23. The van der Waals surface area contributed by atoms with Crippen LogP contribution in [0, 0.1) is 13.8 Å². The summed E-state index contributed by atoms with van der Waals surface area (Å²) in [6.07, 6.45) is -4.67. The first-order chi connectivity index (χ1) is 20.8. The van der Waals surface area contributed by atoms with E-state index in [9.17, 15) is 27.9 Å². The van der Waals surface area contributed by atoms with Crippen LogP contribution in [0.25, 0.3) is 22.0 Å². The normalized spacial score (nSPS) is 12.5. The zero-order chi connectivity index (χ0) is 31.8. The van der Waals surface area contributed by atoms with Crippen LogP contribution in [0.3, 0.4) is 0 Å². The molecule has 0 aliphatic carbocycles. The summed E-state index contributed by atoms with van der Waals surface area (Å²) in [5.74, 6) is -1.74. The molecule has 0 saturated heterocycles. The van der Waals surface area contributed by atoms with Crippen molar-refractivity contribution in [3.8, 4) is 11.1 Å². The third kappa shape index (κ3) is 6.11. The number of hydrogen-bond acceptors (Lipinski definition) is 2. The van der Waals surface area contributed by atoms with Gasteiger partial charge in [-0.1, -0.05) is 80.6 Å². The van der Waals surface area contributed by atoms with Crippen molar-refractivity contribution in [2.45, 2.75) is 52.4 Å². The predicted octanol–water partition coefficient (Wildman–Crippen LogP) is 8.83. The Morgan fingerprint density at radius 1 is 0.864 bits per heavy atom. The molecule has 5 rings (SSSR count). The molecule has 5 aromatic rings. The number of alkyl halides is 3. The lowest BCUT2D eigenvalue weighted by Gasteiger charge is -2.23. The van der Waals surface area contributed by atoms with Crippen molar-refractivity contribution in [2.24, 2.45) is 0 Å². The maximum Gasteiger partial charge on any atom is 0.412 e. The van der Waals surface area contributed by atoms with Gasteiger partial charge in [-0.2, -0.15) is 13.2 Å². The zero-order valence-electron chi connectivity index (χ0n) is 24.9. The molecular weight excluding hydrogens is 565 g/mol. The molecule has 0 spiro atoms. The van der Waals surface area contributed by atoms with E-state index in [-0.39, 0.29) is 22.6 Å². The minimum absolute atomic E-state index is 0.00577. The van der Waals surface area contributed by atoms with Crippen LogP contribution in [-0.2, 0) is 6.54 Å². The first kappa shape index (κ1) is 30.6. The summed E-state index contributed by atoms with van der Waals surface area (Å²) in [6.45, 7) is 8.22. The molecule has 2 N–H and O–H groups in total. The van der Waals surface area contributed by atoms with Crippen LogP contribution in [0.15, 0.2) is 91.0 Å².